The van der Waals surface area contributed by atoms with Crippen molar-refractivity contribution in [2.75, 3.05) is 25.2 Å². The third-order valence-corrected chi connectivity index (χ3v) is 5.73. The Hall–Kier alpha value is -3.03. The van der Waals surface area contributed by atoms with Gasteiger partial charge in [-0.1, -0.05) is 11.6 Å². The SMILES string of the molecule is O=C(Nc1ccc2c(c1)OCO2)c1cnn(-c2ccc(Cl)cc2)c1C1CCNCC1. The maximum Gasteiger partial charge on any atom is 0.259 e. The molecule has 3 heterocycles. The number of nitrogens with zero attached hydrogens (tertiary/aromatic N) is 2. The van der Waals surface area contributed by atoms with E-state index in [1.807, 2.05) is 28.9 Å². The first-order chi connectivity index (χ1) is 14.7. The van der Waals surface area contributed by atoms with E-state index in [4.69, 9.17) is 21.1 Å². The highest BCUT2D eigenvalue weighted by Gasteiger charge is 2.27. The van der Waals surface area contributed by atoms with Crippen molar-refractivity contribution in [1.82, 2.24) is 15.1 Å². The molecule has 0 atom stereocenters. The Morgan fingerprint density at radius 2 is 1.87 bits per heavy atom. The number of benzene rings is 2. The second-order valence-corrected chi connectivity index (χ2v) is 7.81. The number of fused-ring (bicyclic) bond motifs is 1. The van der Waals surface area contributed by atoms with Crippen LogP contribution in [0, 0.1) is 0 Å². The van der Waals surface area contributed by atoms with Crippen molar-refractivity contribution < 1.29 is 14.3 Å². The van der Waals surface area contributed by atoms with Crippen LogP contribution in [0.4, 0.5) is 5.69 Å². The third-order valence-electron chi connectivity index (χ3n) is 5.48. The molecule has 1 amide bonds. The minimum atomic E-state index is -0.192. The Bertz CT molecular complexity index is 1070. The van der Waals surface area contributed by atoms with E-state index in [0.29, 0.717) is 27.8 Å². The number of rotatable bonds is 4. The fraction of sp³-hybridized carbons (Fsp3) is 0.273. The molecule has 0 radical (unpaired) electrons. The maximum absolute atomic E-state index is 13.2. The van der Waals surface area contributed by atoms with Crippen molar-refractivity contribution in [3.63, 3.8) is 0 Å². The molecule has 0 aliphatic carbocycles. The van der Waals surface area contributed by atoms with Crippen LogP contribution in [0.3, 0.4) is 0 Å². The summed E-state index contributed by atoms with van der Waals surface area (Å²) in [7, 11) is 0. The fourth-order valence-electron chi connectivity index (χ4n) is 3.98. The van der Waals surface area contributed by atoms with Gasteiger partial charge in [0.15, 0.2) is 11.5 Å². The molecule has 2 aromatic carbocycles. The predicted molar refractivity (Wildman–Crippen MR) is 114 cm³/mol. The Labute approximate surface area is 178 Å². The first-order valence-electron chi connectivity index (χ1n) is 9.94. The topological polar surface area (TPSA) is 77.4 Å². The van der Waals surface area contributed by atoms with Gasteiger partial charge in [0.05, 0.1) is 23.1 Å². The van der Waals surface area contributed by atoms with Gasteiger partial charge in [-0.05, 0) is 62.3 Å². The molecule has 5 rings (SSSR count). The Morgan fingerprint density at radius 1 is 1.10 bits per heavy atom. The van der Waals surface area contributed by atoms with Gasteiger partial charge in [0.1, 0.15) is 0 Å². The van der Waals surface area contributed by atoms with Crippen LogP contribution in [-0.2, 0) is 0 Å². The lowest BCUT2D eigenvalue weighted by molar-refractivity contribution is 0.102. The van der Waals surface area contributed by atoms with E-state index in [2.05, 4.69) is 15.7 Å². The van der Waals surface area contributed by atoms with E-state index < -0.39 is 0 Å². The lowest BCUT2D eigenvalue weighted by Gasteiger charge is -2.24. The summed E-state index contributed by atoms with van der Waals surface area (Å²) >= 11 is 6.05. The van der Waals surface area contributed by atoms with E-state index >= 15 is 0 Å². The molecule has 154 valence electrons. The molecule has 1 fully saturated rings. The van der Waals surface area contributed by atoms with Gasteiger partial charge in [-0.15, -0.1) is 0 Å². The molecule has 30 heavy (non-hydrogen) atoms. The van der Waals surface area contributed by atoms with Gasteiger partial charge in [0.25, 0.3) is 5.91 Å². The van der Waals surface area contributed by atoms with Gasteiger partial charge in [-0.2, -0.15) is 5.10 Å². The molecule has 1 aromatic heterocycles. The zero-order valence-electron chi connectivity index (χ0n) is 16.2. The number of nitrogens with one attached hydrogen (secondary N) is 2. The number of hydrogen-bond donors (Lipinski definition) is 2. The zero-order chi connectivity index (χ0) is 20.5. The van der Waals surface area contributed by atoms with Crippen molar-refractivity contribution in [1.29, 1.82) is 0 Å². The molecule has 0 bridgehead atoms. The van der Waals surface area contributed by atoms with Gasteiger partial charge in [-0.3, -0.25) is 4.79 Å². The standard InChI is InChI=1S/C22H21ClN4O3/c23-15-1-4-17(5-2-15)27-21(14-7-9-24-10-8-14)18(12-25-27)22(28)26-16-3-6-19-20(11-16)30-13-29-19/h1-6,11-12,14,24H,7-10,13H2,(H,26,28). The molecule has 8 heteroatoms. The molecule has 7 nitrogen and oxygen atoms in total. The van der Waals surface area contributed by atoms with Crippen LogP contribution in [0.1, 0.15) is 34.8 Å². The van der Waals surface area contributed by atoms with Crippen LogP contribution in [0.2, 0.25) is 5.02 Å². The fourth-order valence-corrected chi connectivity index (χ4v) is 4.11. The van der Waals surface area contributed by atoms with E-state index in [1.54, 1.807) is 24.4 Å². The Balaban J connectivity index is 1.49. The Morgan fingerprint density at radius 3 is 2.67 bits per heavy atom. The first kappa shape index (κ1) is 19.0. The van der Waals surface area contributed by atoms with Crippen molar-refractivity contribution in [3.05, 3.63) is 64.9 Å². The quantitative estimate of drug-likeness (QED) is 0.662. The summed E-state index contributed by atoms with van der Waals surface area (Å²) in [4.78, 5) is 13.2. The lowest BCUT2D eigenvalue weighted by Crippen LogP contribution is -2.29. The number of hydrogen-bond acceptors (Lipinski definition) is 5. The summed E-state index contributed by atoms with van der Waals surface area (Å²) in [5, 5.41) is 11.6. The molecule has 2 aliphatic heterocycles. The van der Waals surface area contributed by atoms with Gasteiger partial charge >= 0.3 is 0 Å². The summed E-state index contributed by atoms with van der Waals surface area (Å²) in [5.74, 6) is 1.35. The van der Waals surface area contributed by atoms with Crippen molar-refractivity contribution in [2.45, 2.75) is 18.8 Å². The highest BCUT2D eigenvalue weighted by atomic mass is 35.5. The van der Waals surface area contributed by atoms with Crippen LogP contribution >= 0.6 is 11.6 Å². The van der Waals surface area contributed by atoms with E-state index in [-0.39, 0.29) is 18.6 Å². The largest absolute Gasteiger partial charge is 0.454 e. The molecule has 0 saturated carbocycles. The second-order valence-electron chi connectivity index (χ2n) is 7.38. The zero-order valence-corrected chi connectivity index (χ0v) is 17.0. The average Bonchev–Trinajstić information content (AvgIpc) is 3.42. The van der Waals surface area contributed by atoms with Crippen molar-refractivity contribution >= 4 is 23.2 Å². The van der Waals surface area contributed by atoms with Crippen molar-refractivity contribution in [3.8, 4) is 17.2 Å². The number of aromatic nitrogens is 2. The maximum atomic E-state index is 13.2. The molecular formula is C22H21ClN4O3. The first-order valence-corrected chi connectivity index (χ1v) is 10.3. The molecule has 0 spiro atoms. The number of ether oxygens (including phenoxy) is 2. The summed E-state index contributed by atoms with van der Waals surface area (Å²) in [5.41, 5.74) is 3.04. The number of anilines is 1. The van der Waals surface area contributed by atoms with E-state index in [9.17, 15) is 4.79 Å². The number of carbonyl (C=O) groups excluding carboxylic acids is 1. The number of carbonyl (C=O) groups is 1. The monoisotopic (exact) mass is 424 g/mol. The van der Waals surface area contributed by atoms with Crippen LogP contribution in [0.5, 0.6) is 11.5 Å². The number of halogens is 1. The van der Waals surface area contributed by atoms with Crippen LogP contribution in [0.15, 0.2) is 48.7 Å². The Kier molecular flexibility index (Phi) is 5.06. The number of amides is 1. The molecule has 0 unspecified atom stereocenters. The molecule has 3 aromatic rings. The lowest BCUT2D eigenvalue weighted by atomic mass is 9.91. The summed E-state index contributed by atoms with van der Waals surface area (Å²) in [6, 6.07) is 12.9. The summed E-state index contributed by atoms with van der Waals surface area (Å²) in [6.45, 7) is 2.03. The summed E-state index contributed by atoms with van der Waals surface area (Å²) in [6.07, 6.45) is 3.54. The van der Waals surface area contributed by atoms with Gasteiger partial charge < -0.3 is 20.1 Å². The molecule has 2 N–H and O–H groups in total. The van der Waals surface area contributed by atoms with E-state index in [0.717, 1.165) is 37.3 Å². The summed E-state index contributed by atoms with van der Waals surface area (Å²) < 4.78 is 12.6. The van der Waals surface area contributed by atoms with Gasteiger partial charge in [0, 0.05) is 22.7 Å². The minimum absolute atomic E-state index is 0.192. The van der Waals surface area contributed by atoms with Crippen molar-refractivity contribution in [2.24, 2.45) is 0 Å². The normalized spacial score (nSPS) is 15.9. The van der Waals surface area contributed by atoms with Gasteiger partial charge in [-0.25, -0.2) is 4.68 Å². The van der Waals surface area contributed by atoms with Gasteiger partial charge in [0.2, 0.25) is 6.79 Å². The van der Waals surface area contributed by atoms with E-state index in [1.165, 1.54) is 0 Å². The molecular weight excluding hydrogens is 404 g/mol. The molecule has 2 aliphatic rings. The van der Waals surface area contributed by atoms with Crippen LogP contribution in [-0.4, -0.2) is 35.6 Å². The smallest absolute Gasteiger partial charge is 0.259 e. The number of piperidine rings is 1. The highest BCUT2D eigenvalue weighted by molar-refractivity contribution is 6.30. The average molecular weight is 425 g/mol. The van der Waals surface area contributed by atoms with Crippen LogP contribution < -0.4 is 20.1 Å². The predicted octanol–water partition coefficient (Wildman–Crippen LogP) is 3.97. The highest BCUT2D eigenvalue weighted by Crippen LogP contribution is 2.35. The third kappa shape index (κ3) is 3.62. The molecule has 1 saturated heterocycles. The second kappa shape index (κ2) is 8.01. The minimum Gasteiger partial charge on any atom is -0.454 e. The van der Waals surface area contributed by atoms with Crippen LogP contribution in [0.25, 0.3) is 5.69 Å².